The minimum atomic E-state index is -0.0248. The molecule has 0 saturated heterocycles. The Kier molecular flexibility index (Phi) is 5.40. The van der Waals surface area contributed by atoms with Gasteiger partial charge in [-0.25, -0.2) is 0 Å². The van der Waals surface area contributed by atoms with Crippen molar-refractivity contribution in [2.24, 2.45) is 0 Å². The fourth-order valence-electron chi connectivity index (χ4n) is 2.68. The molecule has 128 valence electrons. The Labute approximate surface area is 150 Å². The van der Waals surface area contributed by atoms with Crippen molar-refractivity contribution in [2.75, 3.05) is 5.73 Å². The molecule has 0 aliphatic rings. The molecule has 3 N–H and O–H groups in total. The lowest BCUT2D eigenvalue weighted by atomic mass is 9.88. The predicted molar refractivity (Wildman–Crippen MR) is 100 cm³/mol. The molecule has 25 heavy (non-hydrogen) atoms. The highest BCUT2D eigenvalue weighted by atomic mass is 32.1. The summed E-state index contributed by atoms with van der Waals surface area (Å²) in [6, 6.07) is 18.4. The monoisotopic (exact) mass is 352 g/mol. The van der Waals surface area contributed by atoms with Crippen molar-refractivity contribution >= 4 is 22.4 Å². The fraction of sp³-hybridized carbons (Fsp3) is 0.211. The number of amides is 1. The number of anilines is 1. The van der Waals surface area contributed by atoms with Gasteiger partial charge in [0.15, 0.2) is 0 Å². The lowest BCUT2D eigenvalue weighted by Crippen LogP contribution is -2.25. The minimum absolute atomic E-state index is 0.0151. The van der Waals surface area contributed by atoms with Crippen LogP contribution >= 0.6 is 11.3 Å². The summed E-state index contributed by atoms with van der Waals surface area (Å²) in [6.45, 7) is 2.41. The molecule has 5 nitrogen and oxygen atoms in total. The van der Waals surface area contributed by atoms with Crippen molar-refractivity contribution in [1.82, 2.24) is 15.5 Å². The van der Waals surface area contributed by atoms with E-state index in [9.17, 15) is 4.79 Å². The number of nitrogens with zero attached hydrogens (tertiary/aromatic N) is 2. The summed E-state index contributed by atoms with van der Waals surface area (Å²) in [7, 11) is 0. The van der Waals surface area contributed by atoms with Gasteiger partial charge in [-0.2, -0.15) is 0 Å². The summed E-state index contributed by atoms with van der Waals surface area (Å²) < 4.78 is 0. The number of aryl methyl sites for hydroxylation is 1. The summed E-state index contributed by atoms with van der Waals surface area (Å²) in [4.78, 5) is 12.5. The third kappa shape index (κ3) is 4.64. The zero-order valence-corrected chi connectivity index (χ0v) is 14.8. The number of carbonyl (C=O) groups is 1. The third-order valence-electron chi connectivity index (χ3n) is 3.99. The number of hydrogen-bond acceptors (Lipinski definition) is 5. The molecule has 0 radical (unpaired) electrons. The van der Waals surface area contributed by atoms with Crippen LogP contribution in [0.4, 0.5) is 5.13 Å². The first-order chi connectivity index (χ1) is 12.1. The molecule has 1 amide bonds. The molecule has 6 heteroatoms. The van der Waals surface area contributed by atoms with Gasteiger partial charge in [0.2, 0.25) is 11.0 Å². The SMILES string of the molecule is Cc1ccc([C@H](CC(=O)NCc2nnc(N)s2)c2ccccc2)cc1. The van der Waals surface area contributed by atoms with Crippen molar-refractivity contribution in [2.45, 2.75) is 25.8 Å². The zero-order valence-electron chi connectivity index (χ0n) is 14.0. The Hall–Kier alpha value is -2.73. The number of nitrogen functional groups attached to an aromatic ring is 1. The zero-order chi connectivity index (χ0) is 17.6. The molecule has 3 rings (SSSR count). The average Bonchev–Trinajstić information content (AvgIpc) is 3.05. The van der Waals surface area contributed by atoms with E-state index in [1.54, 1.807) is 0 Å². The van der Waals surface area contributed by atoms with Gasteiger partial charge >= 0.3 is 0 Å². The summed E-state index contributed by atoms with van der Waals surface area (Å²) in [5, 5.41) is 11.7. The molecule has 0 spiro atoms. The van der Waals surface area contributed by atoms with Crippen LogP contribution in [0, 0.1) is 6.92 Å². The van der Waals surface area contributed by atoms with Crippen molar-refractivity contribution in [3.05, 3.63) is 76.3 Å². The first kappa shape index (κ1) is 17.1. The Morgan fingerprint density at radius 2 is 1.76 bits per heavy atom. The molecule has 0 aliphatic carbocycles. The van der Waals surface area contributed by atoms with E-state index in [2.05, 4.69) is 58.8 Å². The molecule has 0 saturated carbocycles. The van der Waals surface area contributed by atoms with E-state index in [1.165, 1.54) is 16.9 Å². The van der Waals surface area contributed by atoms with Gasteiger partial charge < -0.3 is 11.1 Å². The maximum Gasteiger partial charge on any atom is 0.221 e. The Morgan fingerprint density at radius 3 is 2.40 bits per heavy atom. The lowest BCUT2D eigenvalue weighted by Gasteiger charge is -2.18. The van der Waals surface area contributed by atoms with Gasteiger partial charge in [-0.1, -0.05) is 71.5 Å². The molecule has 0 fully saturated rings. The van der Waals surface area contributed by atoms with E-state index in [0.29, 0.717) is 23.1 Å². The highest BCUT2D eigenvalue weighted by Gasteiger charge is 2.18. The normalized spacial score (nSPS) is 11.9. The molecular formula is C19H20N4OS. The van der Waals surface area contributed by atoms with Gasteiger partial charge in [0.05, 0.1) is 6.54 Å². The molecule has 0 unspecified atom stereocenters. The van der Waals surface area contributed by atoms with E-state index in [-0.39, 0.29) is 11.8 Å². The third-order valence-corrected chi connectivity index (χ3v) is 4.74. The van der Waals surface area contributed by atoms with Crippen LogP contribution in [0.15, 0.2) is 54.6 Å². The second-order valence-electron chi connectivity index (χ2n) is 5.89. The number of nitrogens with one attached hydrogen (secondary N) is 1. The highest BCUT2D eigenvalue weighted by molar-refractivity contribution is 7.15. The largest absolute Gasteiger partial charge is 0.374 e. The standard InChI is InChI=1S/C19H20N4OS/c1-13-7-9-15(10-8-13)16(14-5-3-2-4-6-14)11-17(24)21-12-18-22-23-19(20)25-18/h2-10,16H,11-12H2,1H3,(H2,20,23)(H,21,24)/t16-/m1/s1. The predicted octanol–water partition coefficient (Wildman–Crippen LogP) is 3.27. The number of hydrogen-bond donors (Lipinski definition) is 2. The second kappa shape index (κ2) is 7.90. The van der Waals surface area contributed by atoms with Gasteiger partial charge in [0.25, 0.3) is 0 Å². The molecule has 0 aliphatic heterocycles. The maximum atomic E-state index is 12.5. The topological polar surface area (TPSA) is 80.9 Å². The van der Waals surface area contributed by atoms with Crippen molar-refractivity contribution in [3.8, 4) is 0 Å². The van der Waals surface area contributed by atoms with Crippen LogP contribution in [0.5, 0.6) is 0 Å². The Bertz CT molecular complexity index is 830. The van der Waals surface area contributed by atoms with Gasteiger partial charge in [-0.3, -0.25) is 4.79 Å². The second-order valence-corrected chi connectivity index (χ2v) is 6.98. The maximum absolute atomic E-state index is 12.5. The van der Waals surface area contributed by atoms with Crippen LogP contribution in [-0.4, -0.2) is 16.1 Å². The van der Waals surface area contributed by atoms with Crippen molar-refractivity contribution < 1.29 is 4.79 Å². The number of rotatable bonds is 6. The van der Waals surface area contributed by atoms with Crippen LogP contribution in [0.1, 0.15) is 34.0 Å². The van der Waals surface area contributed by atoms with Crippen LogP contribution in [0.3, 0.4) is 0 Å². The number of benzene rings is 2. The van der Waals surface area contributed by atoms with E-state index in [4.69, 9.17) is 5.73 Å². The summed E-state index contributed by atoms with van der Waals surface area (Å²) in [6.07, 6.45) is 0.376. The van der Waals surface area contributed by atoms with Gasteiger partial charge in [0, 0.05) is 12.3 Å². The van der Waals surface area contributed by atoms with Gasteiger partial charge in [-0.15, -0.1) is 10.2 Å². The summed E-state index contributed by atoms with van der Waals surface area (Å²) in [5.74, 6) is -0.00973. The van der Waals surface area contributed by atoms with E-state index in [1.807, 2.05) is 18.2 Å². The van der Waals surface area contributed by atoms with Crippen LogP contribution in [0.2, 0.25) is 0 Å². The number of nitrogens with two attached hydrogens (primary N) is 1. The molecule has 2 aromatic carbocycles. The summed E-state index contributed by atoms with van der Waals surface area (Å²) in [5.41, 5.74) is 9.02. The van der Waals surface area contributed by atoms with Gasteiger partial charge in [0.1, 0.15) is 5.01 Å². The first-order valence-electron chi connectivity index (χ1n) is 8.08. The van der Waals surface area contributed by atoms with E-state index >= 15 is 0 Å². The van der Waals surface area contributed by atoms with Crippen LogP contribution in [0.25, 0.3) is 0 Å². The lowest BCUT2D eigenvalue weighted by molar-refractivity contribution is -0.121. The molecular weight excluding hydrogens is 332 g/mol. The Morgan fingerprint density at radius 1 is 1.08 bits per heavy atom. The van der Waals surface area contributed by atoms with E-state index in [0.717, 1.165) is 11.1 Å². The van der Waals surface area contributed by atoms with Crippen molar-refractivity contribution in [3.63, 3.8) is 0 Å². The minimum Gasteiger partial charge on any atom is -0.374 e. The number of carbonyl (C=O) groups excluding carboxylic acids is 1. The average molecular weight is 352 g/mol. The molecule has 1 atom stereocenters. The smallest absolute Gasteiger partial charge is 0.221 e. The van der Waals surface area contributed by atoms with Crippen LogP contribution < -0.4 is 11.1 Å². The highest BCUT2D eigenvalue weighted by Crippen LogP contribution is 2.28. The first-order valence-corrected chi connectivity index (χ1v) is 8.89. The van der Waals surface area contributed by atoms with Crippen molar-refractivity contribution in [1.29, 1.82) is 0 Å². The molecule has 1 aromatic heterocycles. The summed E-state index contributed by atoms with van der Waals surface area (Å²) >= 11 is 1.28. The van der Waals surface area contributed by atoms with Gasteiger partial charge in [-0.05, 0) is 18.1 Å². The molecule has 3 aromatic rings. The fourth-order valence-corrected chi connectivity index (χ4v) is 3.23. The Balaban J connectivity index is 1.73. The van der Waals surface area contributed by atoms with Crippen LogP contribution in [-0.2, 0) is 11.3 Å². The molecule has 1 heterocycles. The quantitative estimate of drug-likeness (QED) is 0.713. The van der Waals surface area contributed by atoms with E-state index < -0.39 is 0 Å². The molecule has 0 bridgehead atoms. The number of aromatic nitrogens is 2.